The molecule has 0 spiro atoms. The van der Waals surface area contributed by atoms with Crippen molar-refractivity contribution in [1.29, 1.82) is 0 Å². The van der Waals surface area contributed by atoms with Crippen molar-refractivity contribution in [3.05, 3.63) is 47.4 Å². The van der Waals surface area contributed by atoms with Crippen molar-refractivity contribution in [3.8, 4) is 11.3 Å². The molecule has 1 aromatic carbocycles. The molecule has 3 heteroatoms. The molecular weight excluding hydrogens is 203 g/mol. The van der Waals surface area contributed by atoms with Crippen LogP contribution in [0, 0.1) is 19.7 Å². The van der Waals surface area contributed by atoms with Gasteiger partial charge in [0, 0.05) is 11.8 Å². The largest absolute Gasteiger partial charge is 0.397 e. The van der Waals surface area contributed by atoms with E-state index >= 15 is 0 Å². The quantitative estimate of drug-likeness (QED) is 0.795. The van der Waals surface area contributed by atoms with E-state index in [1.54, 1.807) is 25.3 Å². The Balaban J connectivity index is 2.59. The number of aromatic nitrogens is 1. The van der Waals surface area contributed by atoms with Gasteiger partial charge in [-0.1, -0.05) is 0 Å². The zero-order valence-electron chi connectivity index (χ0n) is 9.29. The maximum atomic E-state index is 13.1. The highest BCUT2D eigenvalue weighted by molar-refractivity contribution is 5.74. The van der Waals surface area contributed by atoms with Crippen molar-refractivity contribution in [2.24, 2.45) is 0 Å². The Hall–Kier alpha value is -1.90. The van der Waals surface area contributed by atoms with E-state index in [2.05, 4.69) is 4.98 Å². The van der Waals surface area contributed by atoms with Crippen LogP contribution < -0.4 is 5.73 Å². The summed E-state index contributed by atoms with van der Waals surface area (Å²) in [5.41, 5.74) is 9.73. The molecule has 0 fully saturated rings. The first-order chi connectivity index (χ1) is 7.59. The monoisotopic (exact) mass is 216 g/mol. The number of hydrogen-bond acceptors (Lipinski definition) is 2. The number of pyridine rings is 1. The first kappa shape index (κ1) is 10.6. The van der Waals surface area contributed by atoms with E-state index in [9.17, 15) is 4.39 Å². The van der Waals surface area contributed by atoms with Gasteiger partial charge in [0.15, 0.2) is 0 Å². The van der Waals surface area contributed by atoms with Crippen LogP contribution in [0.5, 0.6) is 0 Å². The maximum absolute atomic E-state index is 13.1. The molecular formula is C13H13FN2. The fraction of sp³-hybridized carbons (Fsp3) is 0.154. The summed E-state index contributed by atoms with van der Waals surface area (Å²) in [6, 6.07) is 6.75. The van der Waals surface area contributed by atoms with Gasteiger partial charge in [0.2, 0.25) is 0 Å². The van der Waals surface area contributed by atoms with E-state index in [1.807, 2.05) is 13.0 Å². The molecule has 2 nitrogen and oxygen atoms in total. The van der Waals surface area contributed by atoms with Gasteiger partial charge < -0.3 is 5.73 Å². The summed E-state index contributed by atoms with van der Waals surface area (Å²) in [6.07, 6.45) is 1.71. The van der Waals surface area contributed by atoms with E-state index < -0.39 is 0 Å². The summed E-state index contributed by atoms with van der Waals surface area (Å²) < 4.78 is 13.1. The van der Waals surface area contributed by atoms with Gasteiger partial charge in [-0.15, -0.1) is 0 Å². The molecule has 82 valence electrons. The molecule has 0 amide bonds. The van der Waals surface area contributed by atoms with Gasteiger partial charge in [-0.3, -0.25) is 4.98 Å². The lowest BCUT2D eigenvalue weighted by atomic mass is 10.0. The van der Waals surface area contributed by atoms with Gasteiger partial charge >= 0.3 is 0 Å². The zero-order chi connectivity index (χ0) is 11.7. The Morgan fingerprint density at radius 1 is 1.12 bits per heavy atom. The summed E-state index contributed by atoms with van der Waals surface area (Å²) >= 11 is 0. The lowest BCUT2D eigenvalue weighted by Gasteiger charge is -2.08. The minimum atomic E-state index is -0.213. The normalized spacial score (nSPS) is 10.4. The van der Waals surface area contributed by atoms with Crippen LogP contribution in [0.3, 0.4) is 0 Å². The molecule has 0 aliphatic rings. The summed E-state index contributed by atoms with van der Waals surface area (Å²) in [5, 5.41) is 0. The second-order valence-electron chi connectivity index (χ2n) is 3.85. The minimum Gasteiger partial charge on any atom is -0.397 e. The standard InChI is InChI=1S/C13H13FN2/c1-8-5-6-16-13(12(8)15)10-3-4-11(14)9(2)7-10/h3-7H,15H2,1-2H3. The lowest BCUT2D eigenvalue weighted by molar-refractivity contribution is 0.619. The number of aryl methyl sites for hydroxylation is 2. The molecule has 0 bridgehead atoms. The van der Waals surface area contributed by atoms with Crippen LogP contribution in [-0.2, 0) is 0 Å². The number of nitrogen functional groups attached to an aromatic ring is 1. The van der Waals surface area contributed by atoms with Gasteiger partial charge in [0.1, 0.15) is 5.82 Å². The Labute approximate surface area is 93.9 Å². The molecule has 0 atom stereocenters. The molecule has 0 saturated heterocycles. The summed E-state index contributed by atoms with van der Waals surface area (Å²) in [4.78, 5) is 4.23. The van der Waals surface area contributed by atoms with E-state index in [0.29, 0.717) is 16.9 Å². The molecule has 0 aliphatic heterocycles. The topological polar surface area (TPSA) is 38.9 Å². The van der Waals surface area contributed by atoms with Crippen LogP contribution in [0.25, 0.3) is 11.3 Å². The maximum Gasteiger partial charge on any atom is 0.126 e. The van der Waals surface area contributed by atoms with Gasteiger partial charge in [-0.2, -0.15) is 0 Å². The van der Waals surface area contributed by atoms with Crippen LogP contribution in [0.1, 0.15) is 11.1 Å². The van der Waals surface area contributed by atoms with Gasteiger partial charge in [-0.25, -0.2) is 4.39 Å². The van der Waals surface area contributed by atoms with Crippen LogP contribution in [0.4, 0.5) is 10.1 Å². The van der Waals surface area contributed by atoms with Crippen LogP contribution in [-0.4, -0.2) is 4.98 Å². The molecule has 0 radical (unpaired) electrons. The summed E-state index contributed by atoms with van der Waals surface area (Å²) in [7, 11) is 0. The number of rotatable bonds is 1. The number of nitrogens with two attached hydrogens (primary N) is 1. The smallest absolute Gasteiger partial charge is 0.126 e. The summed E-state index contributed by atoms with van der Waals surface area (Å²) in [6.45, 7) is 3.65. The van der Waals surface area contributed by atoms with Crippen molar-refractivity contribution in [2.45, 2.75) is 13.8 Å². The second-order valence-corrected chi connectivity index (χ2v) is 3.85. The zero-order valence-corrected chi connectivity index (χ0v) is 9.29. The third kappa shape index (κ3) is 1.76. The highest BCUT2D eigenvalue weighted by Crippen LogP contribution is 2.26. The second kappa shape index (κ2) is 3.93. The average Bonchev–Trinajstić information content (AvgIpc) is 2.26. The van der Waals surface area contributed by atoms with Gasteiger partial charge in [-0.05, 0) is 49.2 Å². The number of nitrogens with zero attached hydrogens (tertiary/aromatic N) is 1. The Kier molecular flexibility index (Phi) is 2.60. The molecule has 2 rings (SSSR count). The molecule has 2 N–H and O–H groups in total. The van der Waals surface area contributed by atoms with Gasteiger partial charge in [0.25, 0.3) is 0 Å². The molecule has 0 unspecified atom stereocenters. The Bertz CT molecular complexity index is 535. The van der Waals surface area contributed by atoms with Crippen LogP contribution in [0.2, 0.25) is 0 Å². The van der Waals surface area contributed by atoms with Crippen molar-refractivity contribution in [2.75, 3.05) is 5.73 Å². The molecule has 0 aliphatic carbocycles. The highest BCUT2D eigenvalue weighted by atomic mass is 19.1. The lowest BCUT2D eigenvalue weighted by Crippen LogP contribution is -1.96. The Morgan fingerprint density at radius 2 is 1.88 bits per heavy atom. The Morgan fingerprint density at radius 3 is 2.56 bits per heavy atom. The molecule has 0 saturated carbocycles. The van der Waals surface area contributed by atoms with Crippen LogP contribution >= 0.6 is 0 Å². The van der Waals surface area contributed by atoms with E-state index in [-0.39, 0.29) is 5.82 Å². The van der Waals surface area contributed by atoms with Crippen molar-refractivity contribution in [3.63, 3.8) is 0 Å². The molecule has 1 heterocycles. The van der Waals surface area contributed by atoms with Crippen molar-refractivity contribution >= 4 is 5.69 Å². The number of benzene rings is 1. The fourth-order valence-corrected chi connectivity index (χ4v) is 1.59. The third-order valence-corrected chi connectivity index (χ3v) is 2.64. The van der Waals surface area contributed by atoms with E-state index in [1.165, 1.54) is 6.07 Å². The van der Waals surface area contributed by atoms with Crippen molar-refractivity contribution in [1.82, 2.24) is 4.98 Å². The molecule has 2 aromatic rings. The van der Waals surface area contributed by atoms with E-state index in [0.717, 1.165) is 11.1 Å². The highest BCUT2D eigenvalue weighted by Gasteiger charge is 2.07. The van der Waals surface area contributed by atoms with E-state index in [4.69, 9.17) is 5.73 Å². The first-order valence-corrected chi connectivity index (χ1v) is 5.07. The van der Waals surface area contributed by atoms with Crippen molar-refractivity contribution < 1.29 is 4.39 Å². The van der Waals surface area contributed by atoms with Gasteiger partial charge in [0.05, 0.1) is 11.4 Å². The summed E-state index contributed by atoms with van der Waals surface area (Å²) in [5.74, 6) is -0.213. The third-order valence-electron chi connectivity index (χ3n) is 2.64. The predicted molar refractivity (Wildman–Crippen MR) is 63.5 cm³/mol. The SMILES string of the molecule is Cc1cc(-c2nccc(C)c2N)ccc1F. The molecule has 1 aromatic heterocycles. The predicted octanol–water partition coefficient (Wildman–Crippen LogP) is 3.09. The fourth-order valence-electron chi connectivity index (χ4n) is 1.59. The number of hydrogen-bond donors (Lipinski definition) is 1. The number of halogens is 1. The minimum absolute atomic E-state index is 0.213. The molecule has 16 heavy (non-hydrogen) atoms. The average molecular weight is 216 g/mol. The number of anilines is 1. The van der Waals surface area contributed by atoms with Crippen LogP contribution in [0.15, 0.2) is 30.5 Å². The first-order valence-electron chi connectivity index (χ1n) is 5.07.